The summed E-state index contributed by atoms with van der Waals surface area (Å²) in [6, 6.07) is 21.8. The van der Waals surface area contributed by atoms with Gasteiger partial charge in [-0.15, -0.1) is 0 Å². The SMILES string of the molecule is CC.N#CC(CC(O)CCOCc1ccccc1)c1ccccc1. The summed E-state index contributed by atoms with van der Waals surface area (Å²) in [5, 5.41) is 19.3. The molecule has 0 spiro atoms. The highest BCUT2D eigenvalue weighted by Gasteiger charge is 2.15. The first-order valence-corrected chi connectivity index (χ1v) is 8.54. The Morgan fingerprint density at radius 3 is 2.17 bits per heavy atom. The minimum absolute atomic E-state index is 0.273. The van der Waals surface area contributed by atoms with E-state index in [0.29, 0.717) is 26.1 Å². The van der Waals surface area contributed by atoms with Crippen LogP contribution in [0.3, 0.4) is 0 Å². The van der Waals surface area contributed by atoms with Crippen molar-refractivity contribution in [1.82, 2.24) is 0 Å². The molecule has 0 saturated carbocycles. The topological polar surface area (TPSA) is 53.2 Å². The predicted molar refractivity (Wildman–Crippen MR) is 97.5 cm³/mol. The van der Waals surface area contributed by atoms with Gasteiger partial charge >= 0.3 is 0 Å². The zero-order valence-electron chi connectivity index (χ0n) is 14.6. The lowest BCUT2D eigenvalue weighted by Gasteiger charge is -2.15. The molecule has 0 heterocycles. The van der Waals surface area contributed by atoms with Gasteiger partial charge in [0.15, 0.2) is 0 Å². The van der Waals surface area contributed by atoms with Gasteiger partial charge in [-0.3, -0.25) is 0 Å². The minimum atomic E-state index is -0.527. The third-order valence-electron chi connectivity index (χ3n) is 3.57. The molecule has 2 aromatic carbocycles. The molecule has 3 heteroatoms. The van der Waals surface area contributed by atoms with Crippen LogP contribution < -0.4 is 0 Å². The maximum atomic E-state index is 10.1. The Balaban J connectivity index is 0.00000139. The normalized spacial score (nSPS) is 12.4. The summed E-state index contributed by atoms with van der Waals surface area (Å²) in [7, 11) is 0. The van der Waals surface area contributed by atoms with Gasteiger partial charge in [-0.1, -0.05) is 74.5 Å². The molecule has 0 saturated heterocycles. The van der Waals surface area contributed by atoms with E-state index in [1.165, 1.54) is 0 Å². The fourth-order valence-electron chi connectivity index (χ4n) is 2.32. The van der Waals surface area contributed by atoms with E-state index in [-0.39, 0.29) is 5.92 Å². The molecule has 0 aliphatic carbocycles. The molecule has 0 radical (unpaired) electrons. The molecule has 3 nitrogen and oxygen atoms in total. The van der Waals surface area contributed by atoms with Crippen LogP contribution in [0, 0.1) is 11.3 Å². The Kier molecular flexibility index (Phi) is 10.2. The average molecular weight is 325 g/mol. The molecular formula is C21H27NO2. The molecule has 0 aromatic heterocycles. The average Bonchev–Trinajstić information content (AvgIpc) is 2.66. The highest BCUT2D eigenvalue weighted by molar-refractivity contribution is 5.24. The van der Waals surface area contributed by atoms with E-state index in [4.69, 9.17) is 4.74 Å². The molecule has 0 bridgehead atoms. The number of aliphatic hydroxyl groups is 1. The summed E-state index contributed by atoms with van der Waals surface area (Å²) >= 11 is 0. The van der Waals surface area contributed by atoms with E-state index in [0.717, 1.165) is 11.1 Å². The second kappa shape index (κ2) is 12.3. The fraction of sp³-hybridized carbons (Fsp3) is 0.381. The van der Waals surface area contributed by atoms with Crippen molar-refractivity contribution in [1.29, 1.82) is 5.26 Å². The number of rotatable bonds is 8. The van der Waals surface area contributed by atoms with Crippen molar-refractivity contribution in [3.05, 3.63) is 71.8 Å². The van der Waals surface area contributed by atoms with Crippen molar-refractivity contribution in [3.63, 3.8) is 0 Å². The van der Waals surface area contributed by atoms with Crippen molar-refractivity contribution >= 4 is 0 Å². The predicted octanol–water partition coefficient (Wildman–Crippen LogP) is 4.68. The third kappa shape index (κ3) is 7.41. The van der Waals surface area contributed by atoms with Crippen molar-refractivity contribution in [2.75, 3.05) is 6.61 Å². The van der Waals surface area contributed by atoms with Crippen LogP contribution in [0.2, 0.25) is 0 Å². The molecule has 0 amide bonds. The number of ether oxygens (including phenoxy) is 1. The fourth-order valence-corrected chi connectivity index (χ4v) is 2.32. The smallest absolute Gasteiger partial charge is 0.0737 e. The van der Waals surface area contributed by atoms with E-state index in [1.54, 1.807) is 0 Å². The van der Waals surface area contributed by atoms with Gasteiger partial charge in [0.05, 0.1) is 24.7 Å². The van der Waals surface area contributed by atoms with Crippen molar-refractivity contribution < 1.29 is 9.84 Å². The Hall–Kier alpha value is -2.15. The van der Waals surface area contributed by atoms with Gasteiger partial charge in [0, 0.05) is 6.61 Å². The van der Waals surface area contributed by atoms with Crippen LogP contribution in [0.4, 0.5) is 0 Å². The lowest BCUT2D eigenvalue weighted by molar-refractivity contribution is 0.0689. The van der Waals surface area contributed by atoms with Crippen molar-refractivity contribution in [2.24, 2.45) is 0 Å². The number of benzene rings is 2. The summed E-state index contributed by atoms with van der Waals surface area (Å²) in [5.74, 6) is -0.273. The molecule has 2 rings (SSSR count). The van der Waals surface area contributed by atoms with Gasteiger partial charge in [-0.2, -0.15) is 5.26 Å². The number of hydrogen-bond donors (Lipinski definition) is 1. The van der Waals surface area contributed by atoms with E-state index >= 15 is 0 Å². The van der Waals surface area contributed by atoms with E-state index in [1.807, 2.05) is 74.5 Å². The molecule has 128 valence electrons. The zero-order chi connectivity index (χ0) is 17.6. The van der Waals surface area contributed by atoms with Gasteiger partial charge in [-0.25, -0.2) is 0 Å². The highest BCUT2D eigenvalue weighted by atomic mass is 16.5. The maximum Gasteiger partial charge on any atom is 0.0737 e. The highest BCUT2D eigenvalue weighted by Crippen LogP contribution is 2.21. The first kappa shape index (κ1) is 19.9. The molecule has 0 aliphatic rings. The molecule has 2 atom stereocenters. The Labute approximate surface area is 145 Å². The molecule has 0 aliphatic heterocycles. The van der Waals surface area contributed by atoms with Gasteiger partial charge in [0.1, 0.15) is 0 Å². The minimum Gasteiger partial charge on any atom is -0.393 e. The largest absolute Gasteiger partial charge is 0.393 e. The zero-order valence-corrected chi connectivity index (χ0v) is 14.6. The van der Waals surface area contributed by atoms with Crippen LogP contribution in [0.1, 0.15) is 43.7 Å². The summed E-state index contributed by atoms with van der Waals surface area (Å²) < 4.78 is 5.57. The van der Waals surface area contributed by atoms with Gasteiger partial charge < -0.3 is 9.84 Å². The monoisotopic (exact) mass is 325 g/mol. The van der Waals surface area contributed by atoms with Crippen LogP contribution in [0.15, 0.2) is 60.7 Å². The number of hydrogen-bond acceptors (Lipinski definition) is 3. The molecular weight excluding hydrogens is 298 g/mol. The summed E-state index contributed by atoms with van der Waals surface area (Å²) in [6.45, 7) is 5.04. The Morgan fingerprint density at radius 1 is 1.00 bits per heavy atom. The Morgan fingerprint density at radius 2 is 1.58 bits per heavy atom. The number of aliphatic hydroxyl groups excluding tert-OH is 1. The summed E-state index contributed by atoms with van der Waals surface area (Å²) in [5.41, 5.74) is 2.07. The standard InChI is InChI=1S/C19H21NO2.C2H6/c20-14-18(17-9-5-2-6-10-17)13-19(21)11-12-22-15-16-7-3-1-4-8-16;1-2/h1-10,18-19,21H,11-13,15H2;1-2H3. The van der Waals surface area contributed by atoms with E-state index in [9.17, 15) is 10.4 Å². The van der Waals surface area contributed by atoms with E-state index in [2.05, 4.69) is 6.07 Å². The second-order valence-electron chi connectivity index (χ2n) is 5.31. The molecule has 2 unspecified atom stereocenters. The first-order chi connectivity index (χ1) is 11.8. The molecule has 2 aromatic rings. The van der Waals surface area contributed by atoms with Crippen molar-refractivity contribution in [3.8, 4) is 6.07 Å². The van der Waals surface area contributed by atoms with Crippen LogP contribution >= 0.6 is 0 Å². The van der Waals surface area contributed by atoms with Crippen LogP contribution in [-0.4, -0.2) is 17.8 Å². The van der Waals surface area contributed by atoms with Crippen molar-refractivity contribution in [2.45, 2.75) is 45.3 Å². The number of nitrogens with zero attached hydrogens (tertiary/aromatic N) is 1. The van der Waals surface area contributed by atoms with Crippen LogP contribution in [0.25, 0.3) is 0 Å². The Bertz CT molecular complexity index is 578. The van der Waals surface area contributed by atoms with Gasteiger partial charge in [-0.05, 0) is 24.0 Å². The summed E-state index contributed by atoms with van der Waals surface area (Å²) in [6.07, 6.45) is 0.452. The molecule has 24 heavy (non-hydrogen) atoms. The summed E-state index contributed by atoms with van der Waals surface area (Å²) in [4.78, 5) is 0. The third-order valence-corrected chi connectivity index (χ3v) is 3.57. The number of nitriles is 1. The maximum absolute atomic E-state index is 10.1. The quantitative estimate of drug-likeness (QED) is 0.717. The second-order valence-corrected chi connectivity index (χ2v) is 5.31. The lowest BCUT2D eigenvalue weighted by atomic mass is 9.93. The van der Waals surface area contributed by atoms with E-state index < -0.39 is 6.10 Å². The molecule has 1 N–H and O–H groups in total. The van der Waals surface area contributed by atoms with Gasteiger partial charge in [0.2, 0.25) is 0 Å². The van der Waals surface area contributed by atoms with Crippen LogP contribution in [-0.2, 0) is 11.3 Å². The van der Waals surface area contributed by atoms with Gasteiger partial charge in [0.25, 0.3) is 0 Å². The molecule has 0 fully saturated rings. The first-order valence-electron chi connectivity index (χ1n) is 8.54. The lowest BCUT2D eigenvalue weighted by Crippen LogP contribution is -2.14. The van der Waals surface area contributed by atoms with Crippen LogP contribution in [0.5, 0.6) is 0 Å².